The zero-order valence-electron chi connectivity index (χ0n) is 75.5. The van der Waals surface area contributed by atoms with Gasteiger partial charge >= 0.3 is 42.3 Å². The largest absolute Gasteiger partial charge is 0.478 e. The third kappa shape index (κ3) is 26.2. The highest BCUT2D eigenvalue weighted by atomic mass is 32.1. The van der Waals surface area contributed by atoms with Crippen LogP contribution in [0.15, 0.2) is 208 Å². The fraction of sp³-hybridized carbons (Fsp3) is 0.0638. The lowest BCUT2D eigenvalue weighted by Crippen LogP contribution is -2.10. The number of ketones is 3. The molecule has 726 valence electrons. The number of anilines is 12. The van der Waals surface area contributed by atoms with Crippen molar-refractivity contribution in [2.24, 2.45) is 4.99 Å². The van der Waals surface area contributed by atoms with Gasteiger partial charge in [-0.25, -0.2) is 84.0 Å². The Morgan fingerprint density at radius 1 is 0.354 bits per heavy atom. The van der Waals surface area contributed by atoms with E-state index in [1.807, 2.05) is 55.6 Å². The molecule has 0 radical (unpaired) electrons. The minimum atomic E-state index is -1.11. The fourth-order valence-corrected chi connectivity index (χ4v) is 15.1. The van der Waals surface area contributed by atoms with E-state index >= 15 is 0 Å². The van der Waals surface area contributed by atoms with Gasteiger partial charge in [0.15, 0.2) is 109 Å². The van der Waals surface area contributed by atoms with Crippen molar-refractivity contribution in [2.75, 3.05) is 68.8 Å². The third-order valence-corrected chi connectivity index (χ3v) is 22.0. The maximum Gasteiger partial charge on any atom is 0.373 e. The van der Waals surface area contributed by atoms with Crippen LogP contribution in [0, 0.1) is 13.8 Å². The summed E-state index contributed by atoms with van der Waals surface area (Å²) in [6.07, 6.45) is 9.43. The Labute approximate surface area is 822 Å². The van der Waals surface area contributed by atoms with E-state index < -0.39 is 23.9 Å². The number of hydrogen-bond acceptors (Lipinski definition) is 46. The number of aliphatic imine (C=N–C) groups is 1. The zero-order valence-corrected chi connectivity index (χ0v) is 77.9. The van der Waals surface area contributed by atoms with Gasteiger partial charge in [0, 0.05) is 102 Å². The van der Waals surface area contributed by atoms with E-state index in [0.717, 1.165) is 36.5 Å². The second-order valence-electron chi connectivity index (χ2n) is 29.0. The number of thiophene rings is 1. The molecule has 0 spiro atoms. The van der Waals surface area contributed by atoms with Crippen LogP contribution in [-0.4, -0.2) is 161 Å². The number of aromatic carboxylic acids is 4. The third-order valence-electron chi connectivity index (χ3n) is 19.4. The number of carbonyl (C=O) groups excluding carboxylic acids is 9. The van der Waals surface area contributed by atoms with Gasteiger partial charge in [0.05, 0.1) is 66.8 Å². The topological polar surface area (TPSA) is 847 Å². The Morgan fingerprint density at radius 2 is 0.743 bits per heavy atom. The molecule has 11 aromatic heterocycles. The molecule has 0 unspecified atom stereocenters. The van der Waals surface area contributed by atoms with Crippen molar-refractivity contribution in [1.29, 1.82) is 0 Å². The molecular weight excluding hydrogens is 1920 g/mol. The summed E-state index contributed by atoms with van der Waals surface area (Å²) in [5.74, 6) is -2.99. The molecule has 28 N–H and O–H groups in total. The molecule has 50 heteroatoms. The standard InChI is InChI=1S/C21H17N5O2S.C20H16N6O2S.C15H13N5O2.C15H12N4O4.C10H10N4O2.C10H10N4OS.3CO2/c1-11-24-10-16(29-11)19-20(23)26-18(12-2-4-14(5-3-12)21(27)28)17(25-19)13-6-8-15(22)9-7-13;1-10-25-26-19(29-10)17-18(22)24-16(11-2-4-13(5-3-11)20(27)28)15(23-17)12-6-8-14(21)9-7-12;16-13-11(8-1-3-9(4-2-8)15(21)22)19-14(17)12(20-13)10-5-6-18-7-10;1-6(20)10-13(16)19-11(14(17)18-10)7-2-3-9(15(21)22)12-8(7)4-5-23-12;2*1-5(15)7-9(11)14-8(10(12)13-7)6-3-2-4-16-6;3*2-1-3/h2-10H,22H2,1H3,(H2,23,26)(H,27,28);2-9H,21H2,1H3,(H2,22,24)(H,27,28);1-4,6-7H,5H2,(H2,16,20)(H2,17,19)(H,21,22);2-5H,1H3,(H2,16,19)(H2,17,18)(H,21,22);2*2-4H,1H3,(H2,11,14)(H2,12,13);;;. The van der Waals surface area contributed by atoms with Crippen LogP contribution < -0.4 is 68.8 Å². The maximum absolute atomic E-state index is 11.4. The second kappa shape index (κ2) is 48.3. The number of nitrogens with zero attached hydrogens (tertiary/aromatic N) is 16. The van der Waals surface area contributed by atoms with Gasteiger partial charge < -0.3 is 98.1 Å². The van der Waals surface area contributed by atoms with Crippen LogP contribution in [0.4, 0.5) is 69.6 Å². The number of carboxylic acid groups (broad SMARTS) is 4. The van der Waals surface area contributed by atoms with Crippen molar-refractivity contribution in [3.8, 4) is 111 Å². The molecular formula is C94H78N28O19S3. The molecule has 0 saturated heterocycles. The Hall–Kier alpha value is -20.4. The van der Waals surface area contributed by atoms with Crippen molar-refractivity contribution in [3.05, 3.63) is 249 Å². The summed E-state index contributed by atoms with van der Waals surface area (Å²) < 4.78 is 10.4. The van der Waals surface area contributed by atoms with E-state index in [1.165, 1.54) is 110 Å². The summed E-state index contributed by atoms with van der Waals surface area (Å²) in [6.45, 7) is 7.81. The van der Waals surface area contributed by atoms with Gasteiger partial charge in [-0.3, -0.25) is 19.4 Å². The highest BCUT2D eigenvalue weighted by Crippen LogP contribution is 2.41. The number of allylic oxidation sites excluding steroid dienone is 1. The molecule has 17 aromatic rings. The highest BCUT2D eigenvalue weighted by Gasteiger charge is 2.26. The van der Waals surface area contributed by atoms with Gasteiger partial charge in [0.25, 0.3) is 0 Å². The van der Waals surface area contributed by atoms with E-state index in [2.05, 4.69) is 70.0 Å². The van der Waals surface area contributed by atoms with Crippen molar-refractivity contribution in [3.63, 3.8) is 0 Å². The monoisotopic (exact) mass is 2000 g/mol. The lowest BCUT2D eigenvalue weighted by molar-refractivity contribution is -0.193. The number of hydrogen-bond donors (Lipinski definition) is 16. The molecule has 0 atom stereocenters. The normalized spacial score (nSPS) is 10.5. The summed E-state index contributed by atoms with van der Waals surface area (Å²) in [5.41, 5.74) is 83.1. The molecule has 6 aromatic carbocycles. The number of aromatic nitrogens is 15. The summed E-state index contributed by atoms with van der Waals surface area (Å²) in [4.78, 5) is 188. The average molecular weight is 2000 g/mol. The molecule has 18 rings (SSSR count). The van der Waals surface area contributed by atoms with Crippen molar-refractivity contribution in [2.45, 2.75) is 41.0 Å². The second-order valence-corrected chi connectivity index (χ2v) is 32.4. The molecule has 0 saturated carbocycles. The summed E-state index contributed by atoms with van der Waals surface area (Å²) in [5, 5.41) is 49.3. The number of fused-ring (bicyclic) bond motifs is 1. The number of furan rings is 2. The number of benzene rings is 6. The van der Waals surface area contributed by atoms with Crippen LogP contribution in [0.5, 0.6) is 0 Å². The van der Waals surface area contributed by atoms with Crippen LogP contribution in [0.25, 0.3) is 127 Å². The smallest absolute Gasteiger partial charge is 0.373 e. The van der Waals surface area contributed by atoms with Crippen molar-refractivity contribution < 1.29 is 91.6 Å². The van der Waals surface area contributed by atoms with E-state index in [9.17, 15) is 38.7 Å². The number of nitrogen functional groups attached to an aromatic ring is 12. The highest BCUT2D eigenvalue weighted by molar-refractivity contribution is 7.15. The lowest BCUT2D eigenvalue weighted by atomic mass is 10.0. The number of carboxylic acids is 4. The first-order chi connectivity index (χ1) is 68.7. The number of carbonyl (C=O) groups is 7. The Bertz CT molecular complexity index is 7520. The molecule has 12 heterocycles. The van der Waals surface area contributed by atoms with E-state index in [0.29, 0.717) is 113 Å². The Balaban J connectivity index is 0.000000176. The SMILES string of the molecule is CC(=O)c1nc(N)c(-c2ccc(C(=O)O)c3occc23)nc1N.CC(=O)c1nc(N)c(-c2ccco2)nc1N.CC(=O)c1nc(N)c(-c2cccs2)nc1N.Cc1ncc(-c2nc(-c3ccc(N)cc3)c(-c3ccc(C(=O)O)cc3)nc2N)s1.Cc1nnc(-c2nc(-c3ccc(N)cc3)c(-c3ccc(C(=O)O)cc3)nc2N)s1.Nc1nc(-c2ccc(C(=O)O)cc2)c(N)nc1C1=CN=CC1.O=C=O.O=C=O.O=C=O. The fourth-order valence-electron chi connectivity index (χ4n) is 12.9. The summed E-state index contributed by atoms with van der Waals surface area (Å²) in [6, 6.07) is 45.3. The number of nitrogens with two attached hydrogens (primary N) is 12. The molecule has 0 bridgehead atoms. The Morgan fingerprint density at radius 3 is 1.15 bits per heavy atom. The zero-order chi connectivity index (χ0) is 105. The first-order valence-electron chi connectivity index (χ1n) is 40.8. The average Bonchev–Trinajstić information content (AvgIpc) is 1.78. The van der Waals surface area contributed by atoms with Crippen LogP contribution in [-0.2, 0) is 28.8 Å². The molecule has 1 aliphatic rings. The molecule has 144 heavy (non-hydrogen) atoms. The minimum absolute atomic E-state index is 0.00292. The lowest BCUT2D eigenvalue weighted by Gasteiger charge is -2.13. The summed E-state index contributed by atoms with van der Waals surface area (Å²) in [7, 11) is 0. The maximum atomic E-state index is 11.4. The van der Waals surface area contributed by atoms with Gasteiger partial charge in [-0.15, -0.1) is 32.9 Å². The van der Waals surface area contributed by atoms with Crippen molar-refractivity contribution >= 4 is 186 Å². The minimum Gasteiger partial charge on any atom is -0.478 e. The molecule has 47 nitrogen and oxygen atoms in total. The number of Topliss-reactive ketones (excluding diaryl/α,β-unsaturated/α-hetero) is 3. The summed E-state index contributed by atoms with van der Waals surface area (Å²) >= 11 is 4.36. The molecule has 1 aliphatic heterocycles. The van der Waals surface area contributed by atoms with E-state index in [-0.39, 0.29) is 145 Å². The predicted octanol–water partition coefficient (Wildman–Crippen LogP) is 12.3. The predicted molar refractivity (Wildman–Crippen MR) is 532 cm³/mol. The first kappa shape index (κ1) is 106. The number of rotatable bonds is 18. The van der Waals surface area contributed by atoms with Crippen LogP contribution in [0.3, 0.4) is 0 Å². The number of thiazole rings is 1. The quantitative estimate of drug-likeness (QED) is 0.0280. The van der Waals surface area contributed by atoms with Crippen LogP contribution in [0.1, 0.15) is 116 Å². The first-order valence-corrected chi connectivity index (χ1v) is 43.3. The molecule has 0 aliphatic carbocycles. The molecule has 0 fully saturated rings. The van der Waals surface area contributed by atoms with Gasteiger partial charge in [-0.1, -0.05) is 84.1 Å². The van der Waals surface area contributed by atoms with Crippen LogP contribution >= 0.6 is 34.0 Å². The van der Waals surface area contributed by atoms with Gasteiger partial charge in [-0.2, -0.15) is 28.8 Å². The molecule has 0 amide bonds. The van der Waals surface area contributed by atoms with Crippen molar-refractivity contribution in [1.82, 2.24) is 75.0 Å². The van der Waals surface area contributed by atoms with Gasteiger partial charge in [-0.05, 0) is 110 Å². The van der Waals surface area contributed by atoms with Gasteiger partial charge in [0.1, 0.15) is 50.3 Å². The van der Waals surface area contributed by atoms with E-state index in [4.69, 9.17) is 132 Å². The van der Waals surface area contributed by atoms with E-state index in [1.54, 1.807) is 104 Å². The Kier molecular flexibility index (Phi) is 35.4. The number of aryl methyl sites for hydroxylation is 2. The van der Waals surface area contributed by atoms with Crippen LogP contribution in [0.2, 0.25) is 0 Å². The van der Waals surface area contributed by atoms with Gasteiger partial charge in [0.2, 0.25) is 0 Å².